The molecule has 0 bridgehead atoms. The van der Waals surface area contributed by atoms with Gasteiger partial charge in [0.2, 0.25) is 0 Å². The summed E-state index contributed by atoms with van der Waals surface area (Å²) in [6.07, 6.45) is 1.84. The van der Waals surface area contributed by atoms with E-state index < -0.39 is 12.2 Å². The molecule has 98 valence electrons. The maximum absolute atomic E-state index is 10.3. The van der Waals surface area contributed by atoms with Crippen molar-refractivity contribution >= 4 is 0 Å². The number of aliphatic hydroxyl groups is 1. The van der Waals surface area contributed by atoms with Crippen molar-refractivity contribution in [3.05, 3.63) is 48.3 Å². The molecule has 2 heterocycles. The molecule has 2 aromatic rings. The molecule has 0 spiro atoms. The van der Waals surface area contributed by atoms with Crippen LogP contribution in [0.2, 0.25) is 0 Å². The van der Waals surface area contributed by atoms with E-state index in [9.17, 15) is 10.2 Å². The van der Waals surface area contributed by atoms with Gasteiger partial charge < -0.3 is 19.7 Å². The number of aromatic hydroxyl groups is 1. The zero-order valence-corrected chi connectivity index (χ0v) is 10.1. The highest BCUT2D eigenvalue weighted by molar-refractivity contribution is 5.43. The van der Waals surface area contributed by atoms with Crippen LogP contribution in [0.3, 0.4) is 0 Å². The normalized spacial score (nSPS) is 21.3. The van der Waals surface area contributed by atoms with Gasteiger partial charge in [0, 0.05) is 11.8 Å². The molecule has 0 aliphatic carbocycles. The lowest BCUT2D eigenvalue weighted by atomic mass is 10.0. The van der Waals surface area contributed by atoms with Crippen molar-refractivity contribution in [2.45, 2.75) is 12.2 Å². The van der Waals surface area contributed by atoms with Gasteiger partial charge in [-0.25, -0.2) is 0 Å². The maximum atomic E-state index is 10.3. The fraction of sp³-hybridized carbons (Fsp3) is 0.214. The Labute approximate surface area is 110 Å². The van der Waals surface area contributed by atoms with Crippen molar-refractivity contribution < 1.29 is 19.7 Å². The summed E-state index contributed by atoms with van der Waals surface area (Å²) in [6.45, 7) is 0.244. The monoisotopic (exact) mass is 259 g/mol. The molecule has 2 N–H and O–H groups in total. The van der Waals surface area contributed by atoms with E-state index >= 15 is 0 Å². The van der Waals surface area contributed by atoms with E-state index in [0.29, 0.717) is 17.1 Å². The van der Waals surface area contributed by atoms with Crippen molar-refractivity contribution in [1.82, 2.24) is 4.98 Å². The van der Waals surface area contributed by atoms with Gasteiger partial charge in [-0.05, 0) is 30.3 Å². The topological polar surface area (TPSA) is 71.8 Å². The first-order chi connectivity index (χ1) is 9.24. The van der Waals surface area contributed by atoms with E-state index in [2.05, 4.69) is 4.98 Å². The lowest BCUT2D eigenvalue weighted by Crippen LogP contribution is -2.35. The zero-order chi connectivity index (χ0) is 13.2. The van der Waals surface area contributed by atoms with E-state index in [-0.39, 0.29) is 12.4 Å². The van der Waals surface area contributed by atoms with Crippen LogP contribution in [0, 0.1) is 0 Å². The smallest absolute Gasteiger partial charge is 0.163 e. The fourth-order valence-electron chi connectivity index (χ4n) is 2.05. The molecule has 0 radical (unpaired) electrons. The third-order valence-corrected chi connectivity index (χ3v) is 2.99. The second kappa shape index (κ2) is 4.78. The van der Waals surface area contributed by atoms with Crippen LogP contribution < -0.4 is 9.47 Å². The molecule has 0 saturated carbocycles. The van der Waals surface area contributed by atoms with Crippen LogP contribution in [0.25, 0.3) is 0 Å². The minimum Gasteiger partial charge on any atom is -0.508 e. The number of phenolic OH excluding ortho intramolecular Hbond substituents is 1. The molecule has 3 rings (SSSR count). The van der Waals surface area contributed by atoms with Crippen LogP contribution in [0.15, 0.2) is 42.7 Å². The highest BCUT2D eigenvalue weighted by Gasteiger charge is 2.31. The number of hydrogen-bond donors (Lipinski definition) is 2. The van der Waals surface area contributed by atoms with Crippen molar-refractivity contribution in [3.63, 3.8) is 0 Å². The molecule has 0 amide bonds. The van der Waals surface area contributed by atoms with E-state index in [0.717, 1.165) is 0 Å². The van der Waals surface area contributed by atoms with Gasteiger partial charge in [-0.15, -0.1) is 0 Å². The Hall–Kier alpha value is -2.27. The molecule has 0 fully saturated rings. The SMILES string of the molecule is Oc1ccc2c(c1)[C@@H](O)[C@@H](Oc1cccnc1)CO2. The summed E-state index contributed by atoms with van der Waals surface area (Å²) in [6, 6.07) is 8.16. The van der Waals surface area contributed by atoms with Gasteiger partial charge in [0.25, 0.3) is 0 Å². The Morgan fingerprint density at radius 2 is 2.21 bits per heavy atom. The van der Waals surface area contributed by atoms with Crippen LogP contribution in [-0.4, -0.2) is 27.9 Å². The number of pyridine rings is 1. The summed E-state index contributed by atoms with van der Waals surface area (Å²) in [5.74, 6) is 1.22. The lowest BCUT2D eigenvalue weighted by Gasteiger charge is -2.30. The number of fused-ring (bicyclic) bond motifs is 1. The molecule has 0 unspecified atom stereocenters. The molecule has 1 aliphatic heterocycles. The van der Waals surface area contributed by atoms with Crippen molar-refractivity contribution in [1.29, 1.82) is 0 Å². The quantitative estimate of drug-likeness (QED) is 0.858. The van der Waals surface area contributed by atoms with Crippen LogP contribution in [0.5, 0.6) is 17.2 Å². The van der Waals surface area contributed by atoms with Gasteiger partial charge in [0.15, 0.2) is 6.10 Å². The Morgan fingerprint density at radius 3 is 3.00 bits per heavy atom. The summed E-state index contributed by atoms with van der Waals surface area (Å²) in [4.78, 5) is 3.95. The van der Waals surface area contributed by atoms with Gasteiger partial charge in [-0.1, -0.05) is 0 Å². The number of nitrogens with zero attached hydrogens (tertiary/aromatic N) is 1. The highest BCUT2D eigenvalue weighted by Crippen LogP contribution is 2.35. The van der Waals surface area contributed by atoms with Crippen molar-refractivity contribution in [2.24, 2.45) is 0 Å². The van der Waals surface area contributed by atoms with Gasteiger partial charge in [0.1, 0.15) is 30.0 Å². The van der Waals surface area contributed by atoms with Crippen molar-refractivity contribution in [3.8, 4) is 17.2 Å². The number of ether oxygens (including phenoxy) is 2. The third-order valence-electron chi connectivity index (χ3n) is 2.99. The molecule has 2 atom stereocenters. The first-order valence-electron chi connectivity index (χ1n) is 5.94. The first-order valence-corrected chi connectivity index (χ1v) is 5.94. The molecule has 5 heteroatoms. The molecule has 5 nitrogen and oxygen atoms in total. The van der Waals surface area contributed by atoms with E-state index in [4.69, 9.17) is 9.47 Å². The predicted molar refractivity (Wildman–Crippen MR) is 67.2 cm³/mol. The summed E-state index contributed by atoms with van der Waals surface area (Å²) in [7, 11) is 0. The second-order valence-electron chi connectivity index (χ2n) is 4.32. The van der Waals surface area contributed by atoms with Crippen LogP contribution in [0.1, 0.15) is 11.7 Å². The summed E-state index contributed by atoms with van der Waals surface area (Å²) in [5, 5.41) is 19.7. The lowest BCUT2D eigenvalue weighted by molar-refractivity contribution is -0.0105. The van der Waals surface area contributed by atoms with Crippen LogP contribution in [0.4, 0.5) is 0 Å². The molecular formula is C14H13NO4. The number of phenols is 1. The average molecular weight is 259 g/mol. The zero-order valence-electron chi connectivity index (χ0n) is 10.1. The van der Waals surface area contributed by atoms with E-state index in [1.165, 1.54) is 12.1 Å². The summed E-state index contributed by atoms with van der Waals surface area (Å²) in [5.41, 5.74) is 0.528. The number of aromatic nitrogens is 1. The van der Waals surface area contributed by atoms with Gasteiger partial charge in [-0.3, -0.25) is 4.98 Å². The number of aliphatic hydroxyl groups excluding tert-OH is 1. The fourth-order valence-corrected chi connectivity index (χ4v) is 2.05. The largest absolute Gasteiger partial charge is 0.508 e. The second-order valence-corrected chi connectivity index (χ2v) is 4.32. The Bertz CT molecular complexity index is 573. The highest BCUT2D eigenvalue weighted by atomic mass is 16.5. The Morgan fingerprint density at radius 1 is 1.32 bits per heavy atom. The Kier molecular flexibility index (Phi) is 2.97. The predicted octanol–water partition coefficient (Wildman–Crippen LogP) is 1.66. The van der Waals surface area contributed by atoms with Crippen LogP contribution >= 0.6 is 0 Å². The van der Waals surface area contributed by atoms with Gasteiger partial charge in [-0.2, -0.15) is 0 Å². The maximum Gasteiger partial charge on any atom is 0.163 e. The summed E-state index contributed by atoms with van der Waals surface area (Å²) >= 11 is 0. The number of benzene rings is 1. The molecule has 19 heavy (non-hydrogen) atoms. The average Bonchev–Trinajstić information content (AvgIpc) is 2.44. The van der Waals surface area contributed by atoms with Crippen molar-refractivity contribution in [2.75, 3.05) is 6.61 Å². The molecule has 1 aliphatic rings. The van der Waals surface area contributed by atoms with E-state index in [1.807, 2.05) is 0 Å². The Balaban J connectivity index is 1.83. The minimum atomic E-state index is -0.851. The summed E-state index contributed by atoms with van der Waals surface area (Å²) < 4.78 is 11.2. The van der Waals surface area contributed by atoms with Gasteiger partial charge in [0.05, 0.1) is 6.20 Å². The van der Waals surface area contributed by atoms with E-state index in [1.54, 1.807) is 30.6 Å². The van der Waals surface area contributed by atoms with Gasteiger partial charge >= 0.3 is 0 Å². The standard InChI is InChI=1S/C14H13NO4/c16-9-3-4-12-11(6-9)14(17)13(8-18-12)19-10-2-1-5-15-7-10/h1-7,13-14,16-17H,8H2/t13-,14+/m0/s1. The molecule has 0 saturated heterocycles. The molecule has 1 aromatic carbocycles. The van der Waals surface area contributed by atoms with Crippen LogP contribution in [-0.2, 0) is 0 Å². The molecular weight excluding hydrogens is 246 g/mol. The number of rotatable bonds is 2. The third kappa shape index (κ3) is 2.32. The molecule has 1 aromatic heterocycles. The number of hydrogen-bond acceptors (Lipinski definition) is 5. The first kappa shape index (κ1) is 11.8. The minimum absolute atomic E-state index is 0.0865.